The van der Waals surface area contributed by atoms with Crippen molar-refractivity contribution in [1.29, 1.82) is 5.26 Å². The molecule has 0 bridgehead atoms. The molecule has 1 amide bonds. The van der Waals surface area contributed by atoms with Crippen LogP contribution in [0.1, 0.15) is 12.0 Å². The number of amides is 1. The molecule has 2 unspecified atom stereocenters. The van der Waals surface area contributed by atoms with Crippen LogP contribution in [-0.4, -0.2) is 66.6 Å². The number of fused-ring (bicyclic) bond motifs is 1. The number of carboxylic acids is 1. The number of aromatic nitrogens is 1. The Labute approximate surface area is 212 Å². The second kappa shape index (κ2) is 12.3. The number of carbonyl (C=O) groups excluding carboxylic acids is 1. The van der Waals surface area contributed by atoms with E-state index >= 15 is 0 Å². The molecule has 2 atom stereocenters. The summed E-state index contributed by atoms with van der Waals surface area (Å²) in [7, 11) is 0. The Kier molecular flexibility index (Phi) is 8.68. The van der Waals surface area contributed by atoms with Gasteiger partial charge in [0.15, 0.2) is 5.58 Å². The molecule has 3 N–H and O–H groups in total. The zero-order chi connectivity index (χ0) is 26.2. The van der Waals surface area contributed by atoms with Crippen LogP contribution in [-0.2, 0) is 32.0 Å². The molecule has 1 saturated heterocycles. The quantitative estimate of drug-likeness (QED) is 0.344. The first-order valence-corrected chi connectivity index (χ1v) is 12.0. The Balaban J connectivity index is 1.42. The van der Waals surface area contributed by atoms with Gasteiger partial charge < -0.3 is 29.6 Å². The molecule has 1 aliphatic rings. The Morgan fingerprint density at radius 3 is 2.78 bits per heavy atom. The second-order valence-corrected chi connectivity index (χ2v) is 8.66. The number of ether oxygens (including phenoxy) is 2. The molecule has 0 aliphatic carbocycles. The van der Waals surface area contributed by atoms with Crippen molar-refractivity contribution in [3.8, 4) is 17.2 Å². The first-order chi connectivity index (χ1) is 17.9. The summed E-state index contributed by atoms with van der Waals surface area (Å²) < 4.78 is 17.3. The third-order valence-electron chi connectivity index (χ3n) is 5.99. The number of benzene rings is 2. The number of rotatable bonds is 10. The van der Waals surface area contributed by atoms with Crippen molar-refractivity contribution in [3.63, 3.8) is 0 Å². The Hall–Kier alpha value is -3.98. The van der Waals surface area contributed by atoms with Gasteiger partial charge in [0.2, 0.25) is 0 Å². The fourth-order valence-electron chi connectivity index (χ4n) is 4.11. The minimum Gasteiger partial charge on any atom is -0.480 e. The first kappa shape index (κ1) is 26.1. The summed E-state index contributed by atoms with van der Waals surface area (Å²) in [5.74, 6) is -1.93. The molecule has 2 heterocycles. The molecule has 37 heavy (non-hydrogen) atoms. The molecular weight excluding hydrogens is 480 g/mol. The number of oxazole rings is 1. The predicted molar refractivity (Wildman–Crippen MR) is 133 cm³/mol. The Morgan fingerprint density at radius 1 is 1.24 bits per heavy atom. The molecule has 2 aromatic carbocycles. The summed E-state index contributed by atoms with van der Waals surface area (Å²) in [5, 5.41) is 24.2. The topological polar surface area (TPSA) is 156 Å². The van der Waals surface area contributed by atoms with Crippen LogP contribution in [0.15, 0.2) is 51.7 Å². The van der Waals surface area contributed by atoms with Gasteiger partial charge >= 0.3 is 11.7 Å². The minimum atomic E-state index is -1.08. The van der Waals surface area contributed by atoms with Crippen LogP contribution in [0.4, 0.5) is 0 Å². The van der Waals surface area contributed by atoms with Gasteiger partial charge in [0.1, 0.15) is 18.8 Å². The third-order valence-corrected chi connectivity index (χ3v) is 5.99. The van der Waals surface area contributed by atoms with Gasteiger partial charge in [0.25, 0.3) is 5.91 Å². The summed E-state index contributed by atoms with van der Waals surface area (Å²) in [6, 6.07) is 14.4. The highest BCUT2D eigenvalue weighted by Gasteiger charge is 2.23. The van der Waals surface area contributed by atoms with E-state index in [1.807, 2.05) is 36.4 Å². The number of carboxylic acid groups (broad SMARTS) is 1. The third kappa shape index (κ3) is 6.83. The summed E-state index contributed by atoms with van der Waals surface area (Å²) in [4.78, 5) is 35.4. The van der Waals surface area contributed by atoms with Crippen LogP contribution in [0.25, 0.3) is 22.2 Å². The lowest BCUT2D eigenvalue weighted by atomic mass is 10.0. The highest BCUT2D eigenvalue weighted by molar-refractivity contribution is 5.82. The maximum atomic E-state index is 12.5. The zero-order valence-corrected chi connectivity index (χ0v) is 20.1. The van der Waals surface area contributed by atoms with E-state index in [4.69, 9.17) is 19.0 Å². The van der Waals surface area contributed by atoms with E-state index in [0.29, 0.717) is 30.7 Å². The lowest BCUT2D eigenvalue weighted by molar-refractivity contribution is -0.142. The lowest BCUT2D eigenvalue weighted by Gasteiger charge is -2.18. The van der Waals surface area contributed by atoms with Crippen LogP contribution in [0.2, 0.25) is 0 Å². The molecule has 4 rings (SSSR count). The molecule has 0 radical (unpaired) electrons. The Morgan fingerprint density at radius 2 is 2.03 bits per heavy atom. The van der Waals surface area contributed by atoms with Crippen LogP contribution < -0.4 is 16.4 Å². The van der Waals surface area contributed by atoms with Gasteiger partial charge in [0, 0.05) is 19.6 Å². The van der Waals surface area contributed by atoms with Crippen molar-refractivity contribution in [2.24, 2.45) is 0 Å². The number of nitriles is 1. The highest BCUT2D eigenvalue weighted by atomic mass is 16.5. The number of aliphatic carboxylic acids is 1. The maximum absolute atomic E-state index is 12.5. The lowest BCUT2D eigenvalue weighted by Crippen LogP contribution is -2.46. The number of carbonyl (C=O) groups is 2. The van der Waals surface area contributed by atoms with E-state index in [9.17, 15) is 19.6 Å². The molecule has 0 saturated carbocycles. The van der Waals surface area contributed by atoms with Crippen molar-refractivity contribution in [1.82, 2.24) is 15.2 Å². The molecule has 194 valence electrons. The predicted octanol–water partition coefficient (Wildman–Crippen LogP) is 1.29. The molecule has 1 aliphatic heterocycles. The van der Waals surface area contributed by atoms with E-state index in [1.165, 1.54) is 4.57 Å². The normalized spacial score (nSPS) is 16.6. The molecule has 11 heteroatoms. The van der Waals surface area contributed by atoms with Gasteiger partial charge in [-0.3, -0.25) is 9.36 Å². The molecule has 1 aromatic heterocycles. The van der Waals surface area contributed by atoms with Gasteiger partial charge in [0.05, 0.1) is 24.7 Å². The smallest absolute Gasteiger partial charge is 0.420 e. The van der Waals surface area contributed by atoms with Gasteiger partial charge in [-0.25, -0.2) is 9.59 Å². The summed E-state index contributed by atoms with van der Waals surface area (Å²) in [6.45, 7) is 1.49. The maximum Gasteiger partial charge on any atom is 0.420 e. The SMILES string of the molecule is N#CC(Cc1ccc(-c2ccc3oc(=O)n(CCOCC(=O)O)c3c2)cc1)NC(=O)C1CNCCCO1. The molecular formula is C26H28N4O7. The monoisotopic (exact) mass is 508 g/mol. The number of nitrogens with one attached hydrogen (secondary N) is 2. The largest absolute Gasteiger partial charge is 0.480 e. The van der Waals surface area contributed by atoms with Crippen LogP contribution in [0, 0.1) is 11.3 Å². The zero-order valence-electron chi connectivity index (χ0n) is 20.1. The van der Waals surface area contributed by atoms with Crippen molar-refractivity contribution >= 4 is 23.0 Å². The fourth-order valence-corrected chi connectivity index (χ4v) is 4.11. The van der Waals surface area contributed by atoms with E-state index < -0.39 is 30.5 Å². The molecule has 11 nitrogen and oxygen atoms in total. The fraction of sp³-hybridized carbons (Fsp3) is 0.385. The van der Waals surface area contributed by atoms with Crippen LogP contribution in [0.5, 0.6) is 0 Å². The van der Waals surface area contributed by atoms with E-state index in [-0.39, 0.29) is 19.1 Å². The second-order valence-electron chi connectivity index (χ2n) is 8.66. The molecule has 1 fully saturated rings. The van der Waals surface area contributed by atoms with Crippen molar-refractivity contribution < 1.29 is 28.6 Å². The molecule has 0 spiro atoms. The van der Waals surface area contributed by atoms with Gasteiger partial charge in [-0.1, -0.05) is 30.3 Å². The van der Waals surface area contributed by atoms with Gasteiger partial charge in [-0.2, -0.15) is 5.26 Å². The minimum absolute atomic E-state index is 0.0553. The van der Waals surface area contributed by atoms with E-state index in [0.717, 1.165) is 29.7 Å². The van der Waals surface area contributed by atoms with Gasteiger partial charge in [-0.05, 0) is 41.8 Å². The summed E-state index contributed by atoms with van der Waals surface area (Å²) in [5.41, 5.74) is 3.62. The number of hydrogen-bond donors (Lipinski definition) is 3. The average Bonchev–Trinajstić information content (AvgIpc) is 3.04. The van der Waals surface area contributed by atoms with Crippen molar-refractivity contribution in [3.05, 3.63) is 58.6 Å². The number of nitrogens with zero attached hydrogens (tertiary/aromatic N) is 2. The van der Waals surface area contributed by atoms with Crippen LogP contribution in [0.3, 0.4) is 0 Å². The summed E-state index contributed by atoms with van der Waals surface area (Å²) >= 11 is 0. The first-order valence-electron chi connectivity index (χ1n) is 12.0. The van der Waals surface area contributed by atoms with E-state index in [1.54, 1.807) is 6.07 Å². The van der Waals surface area contributed by atoms with Crippen molar-refractivity contribution in [2.75, 3.05) is 32.9 Å². The highest BCUT2D eigenvalue weighted by Crippen LogP contribution is 2.25. The number of hydrogen-bond acceptors (Lipinski definition) is 8. The van der Waals surface area contributed by atoms with Crippen molar-refractivity contribution in [2.45, 2.75) is 31.5 Å². The van der Waals surface area contributed by atoms with Gasteiger partial charge in [-0.15, -0.1) is 0 Å². The Bertz CT molecular complexity index is 1330. The van der Waals surface area contributed by atoms with E-state index in [2.05, 4.69) is 16.7 Å². The standard InChI is InChI=1S/C26H28N4O7/c27-14-20(29-25(33)23-15-28-8-1-10-36-23)12-17-2-4-18(5-3-17)19-6-7-22-21(13-19)30(26(34)37-22)9-11-35-16-24(31)32/h2-7,13,20,23,28H,1,8-12,15-16H2,(H,29,33)(H,31,32). The summed E-state index contributed by atoms with van der Waals surface area (Å²) in [6.07, 6.45) is 0.573. The van der Waals surface area contributed by atoms with Crippen LogP contribution >= 0.6 is 0 Å². The molecule has 3 aromatic rings. The average molecular weight is 509 g/mol.